The Morgan fingerprint density at radius 3 is 1.48 bits per heavy atom. The first-order chi connectivity index (χ1) is 44.7. The number of nitrogens with two attached hydrogens (primary N) is 1. The minimum atomic E-state index is -0.310. The fraction of sp³-hybridized carbons (Fsp3) is 0.517. The number of esters is 1. The molecule has 6 saturated heterocycles. The number of methoxy groups -OCH3 is 1. The predicted octanol–water partition coefficient (Wildman–Crippen LogP) is 6.39. The molecule has 1 aromatic carbocycles. The largest absolute Gasteiger partial charge is 0.469 e. The molecule has 6 aliphatic rings. The van der Waals surface area contributed by atoms with Crippen molar-refractivity contribution in [3.8, 4) is 32.4 Å². The van der Waals surface area contributed by atoms with Gasteiger partial charge in [0.2, 0.25) is 17.8 Å². The van der Waals surface area contributed by atoms with Crippen LogP contribution in [0.1, 0.15) is 69.1 Å². The molecule has 6 fully saturated rings. The number of carbonyl (C=O) groups is 2. The fourth-order valence-corrected chi connectivity index (χ4v) is 13.4. The summed E-state index contributed by atoms with van der Waals surface area (Å²) in [5, 5.41) is 23.1. The molecule has 29 nitrogen and oxygen atoms in total. The van der Waals surface area contributed by atoms with Gasteiger partial charge in [0.25, 0.3) is 0 Å². The van der Waals surface area contributed by atoms with Crippen LogP contribution in [0, 0.1) is 0 Å². The van der Waals surface area contributed by atoms with Gasteiger partial charge >= 0.3 is 12.0 Å². The molecular weight excluding hydrogens is 1210 g/mol. The standard InChI is InChI=1S/C24H29N5O4.C19H24N8O3S.C17H21N7O2S/c1-16-15-33-12-9-28(16)24-26-22(18-5-3-17(4-6-18)13-21(30)31-2)20-14-25-29(23(20)27-24)19-7-10-32-11-8-19;1-20-18(28)25-19-21-11-14(31-19)15-13-10-22-27(12-2-6-29-7-3-12)16(13)24-17(23-15)26-4-8-30-9-5-26;18-16-19-10-13(27-16)14-12-9-20-24(11-1-5-25-6-2-11)15(12)22-17(21-14)23-3-7-26-8-4-23/h3-6,14,16,19H,7-13,15H2,1-2H3;10-12H,2-9H2,1H3,(H2,20,21,25,28);9-11H,1-8H2,(H2,18,19)/t16-;;/m1../s1. The van der Waals surface area contributed by atoms with E-state index in [2.05, 4.69) is 52.4 Å². The molecule has 6 aliphatic heterocycles. The lowest BCUT2D eigenvalue weighted by Gasteiger charge is -2.33. The smallest absolute Gasteiger partial charge is 0.320 e. The quantitative estimate of drug-likeness (QED) is 0.111. The average molecular weight is 1280 g/mol. The minimum Gasteiger partial charge on any atom is -0.469 e. The van der Waals surface area contributed by atoms with Crippen LogP contribution in [-0.2, 0) is 44.4 Å². The van der Waals surface area contributed by atoms with Gasteiger partial charge in [-0.2, -0.15) is 30.2 Å². The maximum absolute atomic E-state index is 11.7. The number of amides is 2. The molecule has 2 amide bonds. The highest BCUT2D eigenvalue weighted by Crippen LogP contribution is 2.38. The first-order valence-corrected chi connectivity index (χ1v) is 32.6. The molecule has 480 valence electrons. The molecule has 91 heavy (non-hydrogen) atoms. The average Bonchev–Trinajstić information content (AvgIpc) is 2.02. The second-order valence-corrected chi connectivity index (χ2v) is 24.8. The lowest BCUT2D eigenvalue weighted by molar-refractivity contribution is -0.139. The molecule has 14 heterocycles. The maximum atomic E-state index is 11.7. The van der Waals surface area contributed by atoms with Crippen LogP contribution in [-0.4, -0.2) is 213 Å². The van der Waals surface area contributed by atoms with Crippen molar-refractivity contribution in [3.05, 3.63) is 60.8 Å². The number of benzene rings is 1. The second-order valence-electron chi connectivity index (χ2n) is 22.7. The van der Waals surface area contributed by atoms with Crippen molar-refractivity contribution in [3.63, 3.8) is 0 Å². The number of urea groups is 1. The van der Waals surface area contributed by atoms with E-state index < -0.39 is 0 Å². The van der Waals surface area contributed by atoms with E-state index in [1.165, 1.54) is 29.8 Å². The first-order valence-electron chi connectivity index (χ1n) is 31.0. The number of carbonyl (C=O) groups excluding carboxylic acids is 2. The summed E-state index contributed by atoms with van der Waals surface area (Å²) in [6.07, 6.45) is 14.8. The number of nitrogens with one attached hydrogen (secondary N) is 2. The van der Waals surface area contributed by atoms with Gasteiger partial charge in [0.15, 0.2) is 27.2 Å². The highest BCUT2D eigenvalue weighted by molar-refractivity contribution is 7.19. The number of hydrogen-bond donors (Lipinski definition) is 3. The Morgan fingerprint density at radius 1 is 0.560 bits per heavy atom. The SMILES string of the molecule is CNC(=O)Nc1ncc(-c2nc(N3CCOCC3)nc3c2cnn3C2CCOCC2)s1.COC(=O)Cc1ccc(-c2nc(N3CCOC[C@H]3C)nc3c2cnn3C2CCOCC2)cc1.Nc1ncc(-c2nc(N3CCOCC3)nc3c2cnn3C2CCOCC2)s1. The molecule has 1 atom stereocenters. The van der Waals surface area contributed by atoms with Gasteiger partial charge < -0.3 is 58.9 Å². The van der Waals surface area contributed by atoms with Gasteiger partial charge in [0, 0.05) is 97.4 Å². The molecule has 0 spiro atoms. The van der Waals surface area contributed by atoms with Crippen molar-refractivity contribution in [2.75, 3.05) is 152 Å². The molecule has 0 radical (unpaired) electrons. The van der Waals surface area contributed by atoms with E-state index in [1.54, 1.807) is 19.4 Å². The third-order valence-electron chi connectivity index (χ3n) is 16.9. The van der Waals surface area contributed by atoms with E-state index >= 15 is 0 Å². The van der Waals surface area contributed by atoms with Gasteiger partial charge in [-0.15, -0.1) is 0 Å². The van der Waals surface area contributed by atoms with Crippen molar-refractivity contribution in [1.29, 1.82) is 0 Å². The number of rotatable bonds is 12. The van der Waals surface area contributed by atoms with Crippen LogP contribution in [0.3, 0.4) is 0 Å². The number of morpholine rings is 3. The van der Waals surface area contributed by atoms with Crippen LogP contribution in [0.15, 0.2) is 55.2 Å². The molecule has 0 bridgehead atoms. The normalized spacial score (nSPS) is 18.8. The Balaban J connectivity index is 0.000000125. The number of fused-ring (bicyclic) bond motifs is 3. The summed E-state index contributed by atoms with van der Waals surface area (Å²) in [6, 6.07) is 8.57. The zero-order valence-corrected chi connectivity index (χ0v) is 52.8. The number of nitrogens with zero attached hydrogens (tertiary/aromatic N) is 17. The Labute approximate surface area is 531 Å². The number of ether oxygens (including phenoxy) is 7. The zero-order valence-electron chi connectivity index (χ0n) is 51.1. The summed E-state index contributed by atoms with van der Waals surface area (Å²) in [5.74, 6) is 1.81. The van der Waals surface area contributed by atoms with Gasteiger partial charge in [0.1, 0.15) is 0 Å². The topological polar surface area (TPSA) is 315 Å². The van der Waals surface area contributed by atoms with Gasteiger partial charge in [-0.25, -0.2) is 43.8 Å². The molecule has 0 unspecified atom stereocenters. The Kier molecular flexibility index (Phi) is 19.4. The second kappa shape index (κ2) is 28.6. The van der Waals surface area contributed by atoms with Crippen LogP contribution in [0.4, 0.5) is 32.9 Å². The van der Waals surface area contributed by atoms with Gasteiger partial charge in [-0.1, -0.05) is 46.9 Å². The van der Waals surface area contributed by atoms with Crippen molar-refractivity contribution >= 4 is 95.9 Å². The first kappa shape index (κ1) is 61.7. The van der Waals surface area contributed by atoms with Crippen LogP contribution < -0.4 is 31.1 Å². The summed E-state index contributed by atoms with van der Waals surface area (Å²) >= 11 is 2.80. The fourth-order valence-electron chi connectivity index (χ4n) is 11.9. The Bertz CT molecular complexity index is 3940. The molecule has 8 aromatic heterocycles. The number of aromatic nitrogens is 14. The monoisotopic (exact) mass is 1280 g/mol. The number of thiazole rings is 2. The minimum absolute atomic E-state index is 0.186. The molecule has 31 heteroatoms. The van der Waals surface area contributed by atoms with Crippen molar-refractivity contribution < 1.29 is 42.7 Å². The Hall–Kier alpha value is -8.17. The molecule has 0 saturated carbocycles. The summed E-state index contributed by atoms with van der Waals surface area (Å²) in [4.78, 5) is 69.7. The van der Waals surface area contributed by atoms with E-state index in [0.29, 0.717) is 73.8 Å². The Morgan fingerprint density at radius 2 is 1.01 bits per heavy atom. The van der Waals surface area contributed by atoms with E-state index in [4.69, 9.17) is 73.9 Å². The van der Waals surface area contributed by atoms with Crippen LogP contribution >= 0.6 is 22.7 Å². The van der Waals surface area contributed by atoms with Gasteiger partial charge in [-0.05, 0) is 51.0 Å². The maximum Gasteiger partial charge on any atom is 0.320 e. The highest BCUT2D eigenvalue weighted by Gasteiger charge is 2.30. The van der Waals surface area contributed by atoms with E-state index in [-0.39, 0.29) is 36.5 Å². The third kappa shape index (κ3) is 13.9. The number of hydrogen-bond acceptors (Lipinski definition) is 26. The van der Waals surface area contributed by atoms with Crippen LogP contribution in [0.2, 0.25) is 0 Å². The lowest BCUT2D eigenvalue weighted by atomic mass is 10.0. The van der Waals surface area contributed by atoms with E-state index in [1.807, 2.05) is 56.9 Å². The summed E-state index contributed by atoms with van der Waals surface area (Å²) in [7, 11) is 2.97. The summed E-state index contributed by atoms with van der Waals surface area (Å²) in [5.41, 5.74) is 12.7. The number of anilines is 5. The highest BCUT2D eigenvalue weighted by atomic mass is 32.1. The number of nitrogen functional groups attached to an aromatic ring is 1. The molecular formula is C60H74N20O9S2. The lowest BCUT2D eigenvalue weighted by Crippen LogP contribution is -2.44. The molecule has 9 aromatic rings. The summed E-state index contributed by atoms with van der Waals surface area (Å²) in [6.45, 7) is 14.3. The van der Waals surface area contributed by atoms with Crippen molar-refractivity contribution in [2.45, 2.75) is 76.0 Å². The molecule has 15 rings (SSSR count). The third-order valence-corrected chi connectivity index (χ3v) is 18.6. The van der Waals surface area contributed by atoms with Gasteiger partial charge in [-0.3, -0.25) is 10.1 Å². The summed E-state index contributed by atoms with van der Waals surface area (Å²) < 4.78 is 44.1. The zero-order chi connectivity index (χ0) is 62.2. The van der Waals surface area contributed by atoms with Crippen LogP contribution in [0.25, 0.3) is 65.5 Å². The predicted molar refractivity (Wildman–Crippen MR) is 343 cm³/mol. The molecule has 4 N–H and O–H groups in total. The van der Waals surface area contributed by atoms with E-state index in [0.717, 1.165) is 182 Å². The van der Waals surface area contributed by atoms with Crippen molar-refractivity contribution in [1.82, 2.24) is 74.5 Å². The van der Waals surface area contributed by atoms with E-state index in [9.17, 15) is 9.59 Å². The van der Waals surface area contributed by atoms with Crippen molar-refractivity contribution in [2.24, 2.45) is 0 Å². The van der Waals surface area contributed by atoms with Crippen LogP contribution in [0.5, 0.6) is 0 Å². The van der Waals surface area contributed by atoms with Gasteiger partial charge in [0.05, 0.1) is 139 Å². The molecule has 0 aliphatic carbocycles.